The number of alkyl carbamates (subject to hydrolysis) is 1. The second kappa shape index (κ2) is 13.2. The average Bonchev–Trinajstić information content (AvgIpc) is 3.53. The predicted molar refractivity (Wildman–Crippen MR) is 143 cm³/mol. The van der Waals surface area contributed by atoms with Crippen LogP contribution >= 0.6 is 0 Å². The fourth-order valence-corrected chi connectivity index (χ4v) is 6.57. The van der Waals surface area contributed by atoms with Crippen molar-refractivity contribution in [3.8, 4) is 0 Å². The molecule has 10 nitrogen and oxygen atoms in total. The zero-order chi connectivity index (χ0) is 28.0. The summed E-state index contributed by atoms with van der Waals surface area (Å²) >= 11 is 0. The first-order valence-electron chi connectivity index (χ1n) is 13.3. The predicted octanol–water partition coefficient (Wildman–Crippen LogP) is 2.29. The summed E-state index contributed by atoms with van der Waals surface area (Å²) in [5, 5.41) is 23.4. The summed E-state index contributed by atoms with van der Waals surface area (Å²) in [4.78, 5) is 13.0. The molecule has 0 aliphatic carbocycles. The Balaban J connectivity index is 1.51. The molecule has 2 heterocycles. The lowest BCUT2D eigenvalue weighted by Gasteiger charge is -2.31. The van der Waals surface area contributed by atoms with E-state index in [-0.39, 0.29) is 55.7 Å². The van der Waals surface area contributed by atoms with Crippen molar-refractivity contribution in [1.82, 2.24) is 9.62 Å². The summed E-state index contributed by atoms with van der Waals surface area (Å²) in [6.45, 7) is 4.32. The molecule has 2 fully saturated rings. The largest absolute Gasteiger partial charge is 0.443 e. The van der Waals surface area contributed by atoms with E-state index in [9.17, 15) is 23.4 Å². The summed E-state index contributed by atoms with van der Waals surface area (Å²) < 4.78 is 45.1. The number of hydrogen-bond acceptors (Lipinski definition) is 8. The minimum Gasteiger partial charge on any atom is -0.443 e. The Kier molecular flexibility index (Phi) is 9.97. The highest BCUT2D eigenvalue weighted by Gasteiger charge is 2.44. The van der Waals surface area contributed by atoms with E-state index in [4.69, 9.17) is 14.2 Å². The van der Waals surface area contributed by atoms with E-state index in [1.54, 1.807) is 12.1 Å². The molecule has 5 atom stereocenters. The molecule has 214 valence electrons. The summed E-state index contributed by atoms with van der Waals surface area (Å²) in [6.07, 6.45) is -1.74. The fourth-order valence-electron chi connectivity index (χ4n) is 4.95. The van der Waals surface area contributed by atoms with Gasteiger partial charge in [0.15, 0.2) is 6.29 Å². The summed E-state index contributed by atoms with van der Waals surface area (Å²) in [5.41, 5.74) is 1.46. The monoisotopic (exact) mass is 562 g/mol. The lowest BCUT2D eigenvalue weighted by Crippen LogP contribution is -2.51. The van der Waals surface area contributed by atoms with Crippen molar-refractivity contribution in [2.75, 3.05) is 26.3 Å². The first-order chi connectivity index (χ1) is 18.7. The highest BCUT2D eigenvalue weighted by Crippen LogP contribution is 2.33. The molecule has 2 aromatic carbocycles. The highest BCUT2D eigenvalue weighted by molar-refractivity contribution is 7.89. The van der Waals surface area contributed by atoms with Crippen LogP contribution in [0.2, 0.25) is 0 Å². The molecular weight excluding hydrogens is 524 g/mol. The van der Waals surface area contributed by atoms with Gasteiger partial charge in [0.2, 0.25) is 10.0 Å². The van der Waals surface area contributed by atoms with Crippen LogP contribution in [0.25, 0.3) is 0 Å². The Morgan fingerprint density at radius 2 is 1.79 bits per heavy atom. The molecule has 2 saturated heterocycles. The number of carbonyl (C=O) groups is 1. The second-order valence-corrected chi connectivity index (χ2v) is 12.4. The van der Waals surface area contributed by atoms with Gasteiger partial charge >= 0.3 is 6.09 Å². The molecule has 39 heavy (non-hydrogen) atoms. The number of hydrogen-bond donors (Lipinski definition) is 3. The number of nitrogens with zero attached hydrogens (tertiary/aromatic N) is 1. The van der Waals surface area contributed by atoms with Crippen LogP contribution in [-0.4, -0.2) is 79.9 Å². The van der Waals surface area contributed by atoms with Crippen molar-refractivity contribution in [3.05, 3.63) is 65.7 Å². The third-order valence-corrected chi connectivity index (χ3v) is 8.86. The van der Waals surface area contributed by atoms with Gasteiger partial charge in [-0.1, -0.05) is 56.3 Å². The van der Waals surface area contributed by atoms with E-state index < -0.39 is 34.4 Å². The van der Waals surface area contributed by atoms with Crippen molar-refractivity contribution in [2.45, 2.75) is 62.7 Å². The maximum Gasteiger partial charge on any atom is 0.407 e. The number of ether oxygens (including phenoxy) is 3. The zero-order valence-electron chi connectivity index (χ0n) is 22.3. The number of carbonyl (C=O) groups excluding carboxylic acids is 1. The van der Waals surface area contributed by atoms with E-state index in [2.05, 4.69) is 5.32 Å². The molecule has 11 heteroatoms. The Morgan fingerprint density at radius 3 is 2.46 bits per heavy atom. The Morgan fingerprint density at radius 1 is 1.08 bits per heavy atom. The number of benzene rings is 2. The molecule has 0 bridgehead atoms. The van der Waals surface area contributed by atoms with Crippen LogP contribution < -0.4 is 5.32 Å². The lowest BCUT2D eigenvalue weighted by molar-refractivity contribution is -0.0907. The molecule has 0 spiro atoms. The molecule has 2 aromatic rings. The smallest absolute Gasteiger partial charge is 0.407 e. The van der Waals surface area contributed by atoms with E-state index in [1.165, 1.54) is 16.4 Å². The van der Waals surface area contributed by atoms with Gasteiger partial charge in [-0.15, -0.1) is 0 Å². The van der Waals surface area contributed by atoms with Gasteiger partial charge in [0.25, 0.3) is 0 Å². The van der Waals surface area contributed by atoms with Gasteiger partial charge in [-0.25, -0.2) is 13.2 Å². The van der Waals surface area contributed by atoms with Crippen molar-refractivity contribution in [2.24, 2.45) is 11.8 Å². The van der Waals surface area contributed by atoms with Crippen molar-refractivity contribution < 1.29 is 37.6 Å². The van der Waals surface area contributed by atoms with Crippen LogP contribution in [0.5, 0.6) is 0 Å². The van der Waals surface area contributed by atoms with Gasteiger partial charge in [0.05, 0.1) is 42.8 Å². The molecule has 1 amide bonds. The third kappa shape index (κ3) is 7.56. The van der Waals surface area contributed by atoms with E-state index >= 15 is 0 Å². The highest BCUT2D eigenvalue weighted by atomic mass is 32.2. The molecule has 3 N–H and O–H groups in total. The number of amides is 1. The minimum atomic E-state index is -3.96. The molecular formula is C28H38N2O8S. The van der Waals surface area contributed by atoms with Gasteiger partial charge < -0.3 is 29.7 Å². The summed E-state index contributed by atoms with van der Waals surface area (Å²) in [6, 6.07) is 14.5. The van der Waals surface area contributed by atoms with Crippen LogP contribution in [0.15, 0.2) is 59.5 Å². The van der Waals surface area contributed by atoms with Crippen molar-refractivity contribution >= 4 is 16.1 Å². The standard InChI is InChI=1S/C28H38N2O8S/c1-19(2)15-30(39(34,35)22-10-8-21(17-31)9-11-22)16-25(32)24(14-20-6-4-3-5-7-20)29-28(33)38-26-18-37-27-23(26)12-13-36-27/h3-11,19,23-27,31-32H,12-18H2,1-2H3,(H,29,33)/t23?,24-,25+,26?,27+/m0/s1. The van der Waals surface area contributed by atoms with Crippen molar-refractivity contribution in [3.63, 3.8) is 0 Å². The maximum atomic E-state index is 13.6. The summed E-state index contributed by atoms with van der Waals surface area (Å²) in [7, 11) is -3.96. The number of rotatable bonds is 12. The SMILES string of the molecule is CC(C)CN(C[C@@H](O)[C@H](Cc1ccccc1)NC(=O)OC1CO[C@H]2OCCC12)S(=O)(=O)c1ccc(CO)cc1. The second-order valence-electron chi connectivity index (χ2n) is 10.5. The Hall–Kier alpha value is -2.54. The van der Waals surface area contributed by atoms with Crippen molar-refractivity contribution in [1.29, 1.82) is 0 Å². The van der Waals surface area contributed by atoms with Gasteiger partial charge in [0.1, 0.15) is 6.10 Å². The number of aliphatic hydroxyl groups excluding tert-OH is 2. The molecule has 0 saturated carbocycles. The topological polar surface area (TPSA) is 135 Å². The molecule has 0 aromatic heterocycles. The first kappa shape index (κ1) is 29.4. The first-order valence-corrected chi connectivity index (χ1v) is 14.7. The van der Waals surface area contributed by atoms with Crippen LogP contribution in [0, 0.1) is 11.8 Å². The third-order valence-electron chi connectivity index (χ3n) is 7.01. The molecule has 2 unspecified atom stereocenters. The lowest BCUT2D eigenvalue weighted by atomic mass is 10.0. The molecule has 2 aliphatic heterocycles. The average molecular weight is 563 g/mol. The summed E-state index contributed by atoms with van der Waals surface area (Å²) in [5.74, 6) is -0.0460. The fraction of sp³-hybridized carbons (Fsp3) is 0.536. The van der Waals surface area contributed by atoms with Crippen LogP contribution in [0.3, 0.4) is 0 Å². The van der Waals surface area contributed by atoms with Crippen LogP contribution in [0.1, 0.15) is 31.4 Å². The van der Waals surface area contributed by atoms with Gasteiger partial charge in [0, 0.05) is 13.1 Å². The van der Waals surface area contributed by atoms with E-state index in [0.29, 0.717) is 12.2 Å². The van der Waals surface area contributed by atoms with Gasteiger partial charge in [-0.3, -0.25) is 0 Å². The molecule has 4 rings (SSSR count). The normalized spacial score (nSPS) is 22.6. The number of sulfonamides is 1. The van der Waals surface area contributed by atoms with Gasteiger partial charge in [-0.05, 0) is 42.0 Å². The molecule has 0 radical (unpaired) electrons. The Labute approximate surface area is 229 Å². The van der Waals surface area contributed by atoms with E-state index in [1.807, 2.05) is 44.2 Å². The Bertz CT molecular complexity index is 1180. The quantitative estimate of drug-likeness (QED) is 0.359. The zero-order valence-corrected chi connectivity index (χ0v) is 23.1. The maximum absolute atomic E-state index is 13.6. The molecule has 2 aliphatic rings. The number of fused-ring (bicyclic) bond motifs is 1. The minimum absolute atomic E-state index is 0.0156. The number of aliphatic hydroxyl groups is 2. The van der Waals surface area contributed by atoms with E-state index in [0.717, 1.165) is 12.0 Å². The number of nitrogens with one attached hydrogen (secondary N) is 1. The van der Waals surface area contributed by atoms with Gasteiger partial charge in [-0.2, -0.15) is 4.31 Å². The van der Waals surface area contributed by atoms with Crippen LogP contribution in [0.4, 0.5) is 4.79 Å². The van der Waals surface area contributed by atoms with Crippen LogP contribution in [-0.2, 0) is 37.3 Å².